The van der Waals surface area contributed by atoms with Crippen LogP contribution in [0.5, 0.6) is 0 Å². The maximum atomic E-state index is 10.7. The van der Waals surface area contributed by atoms with Gasteiger partial charge < -0.3 is 9.90 Å². The van der Waals surface area contributed by atoms with Gasteiger partial charge in [0.25, 0.3) is 0 Å². The number of nitrogens with zero attached hydrogens (tertiary/aromatic N) is 2. The summed E-state index contributed by atoms with van der Waals surface area (Å²) in [6.07, 6.45) is 0. The number of hydrogen-bond donors (Lipinski definition) is 0. The number of aromatic carboxylic acids is 1. The fourth-order valence-electron chi connectivity index (χ4n) is 1.15. The van der Waals surface area contributed by atoms with Gasteiger partial charge in [-0.1, -0.05) is 23.7 Å². The minimum atomic E-state index is -1.31. The van der Waals surface area contributed by atoms with Gasteiger partial charge in [0.2, 0.25) is 0 Å². The van der Waals surface area contributed by atoms with E-state index in [-0.39, 0.29) is 29.4 Å². The standard InChI is InChI=1S/C9H5ClN2O2S.Li/c10-7-5(8-11-4-15-12-8)2-1-3-6(7)9(13)14;/h1-4H,(H,13,14);/q;+1/p-1. The zero-order valence-electron chi connectivity index (χ0n) is 8.31. The molecule has 2 rings (SSSR count). The van der Waals surface area contributed by atoms with E-state index in [4.69, 9.17) is 11.6 Å². The number of rotatable bonds is 2. The summed E-state index contributed by atoms with van der Waals surface area (Å²) in [5.74, 6) is -0.884. The smallest absolute Gasteiger partial charge is 0.545 e. The van der Waals surface area contributed by atoms with Gasteiger partial charge in [0, 0.05) is 11.1 Å². The molecule has 0 N–H and O–H groups in total. The molecular weight excluding hydrogens is 243 g/mol. The third kappa shape index (κ3) is 2.44. The second kappa shape index (κ2) is 5.46. The van der Waals surface area contributed by atoms with Gasteiger partial charge in [-0.15, -0.1) is 0 Å². The van der Waals surface area contributed by atoms with Crippen LogP contribution in [-0.2, 0) is 0 Å². The van der Waals surface area contributed by atoms with Gasteiger partial charge in [0.05, 0.1) is 11.0 Å². The van der Waals surface area contributed by atoms with Crippen LogP contribution in [0.2, 0.25) is 5.02 Å². The van der Waals surface area contributed by atoms with Crippen LogP contribution in [0.1, 0.15) is 10.4 Å². The third-order valence-corrected chi connectivity index (χ3v) is 2.71. The van der Waals surface area contributed by atoms with E-state index in [0.29, 0.717) is 11.4 Å². The SMILES string of the molecule is O=C([O-])c1cccc(-c2ncsn2)c1Cl.[Li+]. The first kappa shape index (κ1) is 13.2. The molecule has 16 heavy (non-hydrogen) atoms. The Balaban J connectivity index is 0.00000128. The van der Waals surface area contributed by atoms with E-state index in [1.54, 1.807) is 17.6 Å². The van der Waals surface area contributed by atoms with E-state index >= 15 is 0 Å². The molecule has 1 heterocycles. The molecule has 1 aromatic carbocycles. The van der Waals surface area contributed by atoms with Crippen LogP contribution in [-0.4, -0.2) is 15.3 Å². The molecule has 0 saturated heterocycles. The molecule has 4 nitrogen and oxygen atoms in total. The summed E-state index contributed by atoms with van der Waals surface area (Å²) in [5, 5.41) is 10.8. The number of hydrogen-bond acceptors (Lipinski definition) is 5. The number of halogens is 1. The van der Waals surface area contributed by atoms with Crippen molar-refractivity contribution in [3.8, 4) is 11.4 Å². The second-order valence-electron chi connectivity index (χ2n) is 2.71. The summed E-state index contributed by atoms with van der Waals surface area (Å²) in [6, 6.07) is 4.62. The van der Waals surface area contributed by atoms with Gasteiger partial charge in [-0.05, 0) is 17.6 Å². The topological polar surface area (TPSA) is 65.9 Å². The van der Waals surface area contributed by atoms with Gasteiger partial charge in [-0.3, -0.25) is 0 Å². The Hall–Kier alpha value is -0.863. The molecule has 0 atom stereocenters. The summed E-state index contributed by atoms with van der Waals surface area (Å²) in [6.45, 7) is 0. The summed E-state index contributed by atoms with van der Waals surface area (Å²) >= 11 is 7.07. The molecule has 2 aromatic rings. The van der Waals surface area contributed by atoms with Crippen LogP contribution in [0.25, 0.3) is 11.4 Å². The van der Waals surface area contributed by atoms with Crippen molar-refractivity contribution >= 4 is 29.1 Å². The first-order valence-corrected chi connectivity index (χ1v) is 5.18. The maximum Gasteiger partial charge on any atom is 1.00 e. The molecule has 0 radical (unpaired) electrons. The molecule has 76 valence electrons. The molecule has 0 fully saturated rings. The average Bonchev–Trinajstić information content (AvgIpc) is 2.70. The molecule has 0 saturated carbocycles. The zero-order chi connectivity index (χ0) is 10.8. The Morgan fingerprint density at radius 1 is 1.44 bits per heavy atom. The van der Waals surface area contributed by atoms with Crippen molar-refractivity contribution in [1.29, 1.82) is 0 Å². The predicted molar refractivity (Wildman–Crippen MR) is 54.7 cm³/mol. The Morgan fingerprint density at radius 2 is 2.19 bits per heavy atom. The molecule has 0 aliphatic rings. The molecular formula is C9H4ClLiN2O2S. The minimum Gasteiger partial charge on any atom is -0.545 e. The van der Waals surface area contributed by atoms with E-state index in [1.807, 2.05) is 0 Å². The van der Waals surface area contributed by atoms with Crippen LogP contribution in [0, 0.1) is 0 Å². The summed E-state index contributed by atoms with van der Waals surface area (Å²) in [4.78, 5) is 14.7. The van der Waals surface area contributed by atoms with Crippen LogP contribution in [0.3, 0.4) is 0 Å². The van der Waals surface area contributed by atoms with Crippen LogP contribution >= 0.6 is 23.1 Å². The van der Waals surface area contributed by atoms with Crippen molar-refractivity contribution in [2.24, 2.45) is 0 Å². The monoisotopic (exact) mass is 246 g/mol. The molecule has 0 unspecified atom stereocenters. The van der Waals surface area contributed by atoms with Gasteiger partial charge in [-0.25, -0.2) is 4.98 Å². The first-order valence-electron chi connectivity index (χ1n) is 3.96. The van der Waals surface area contributed by atoms with Crippen molar-refractivity contribution in [1.82, 2.24) is 9.36 Å². The van der Waals surface area contributed by atoms with Gasteiger partial charge >= 0.3 is 18.9 Å². The Bertz CT molecular complexity index is 504. The Morgan fingerprint density at radius 3 is 2.75 bits per heavy atom. The van der Waals surface area contributed by atoms with Crippen molar-refractivity contribution in [3.05, 3.63) is 34.3 Å². The number of aromatic nitrogens is 2. The van der Waals surface area contributed by atoms with Crippen LogP contribution in [0.15, 0.2) is 23.7 Å². The quantitative estimate of drug-likeness (QED) is 0.588. The van der Waals surface area contributed by atoms with Gasteiger partial charge in [0.15, 0.2) is 5.82 Å². The third-order valence-electron chi connectivity index (χ3n) is 1.82. The van der Waals surface area contributed by atoms with E-state index in [1.165, 1.54) is 17.6 Å². The summed E-state index contributed by atoms with van der Waals surface area (Å²) < 4.78 is 3.98. The van der Waals surface area contributed by atoms with Crippen molar-refractivity contribution < 1.29 is 28.8 Å². The predicted octanol–water partition coefficient (Wildman–Crippen LogP) is -1.77. The molecule has 0 spiro atoms. The number of benzene rings is 1. The Labute approximate surface area is 113 Å². The molecule has 0 bridgehead atoms. The first-order chi connectivity index (χ1) is 7.20. The maximum absolute atomic E-state index is 10.7. The number of carbonyl (C=O) groups excluding carboxylic acids is 1. The number of carbonyl (C=O) groups is 1. The van der Waals surface area contributed by atoms with E-state index in [0.717, 1.165) is 0 Å². The largest absolute Gasteiger partial charge is 1.00 e. The summed E-state index contributed by atoms with van der Waals surface area (Å²) in [7, 11) is 0. The Kier molecular flexibility index (Phi) is 4.51. The zero-order valence-corrected chi connectivity index (χ0v) is 9.88. The van der Waals surface area contributed by atoms with Crippen LogP contribution < -0.4 is 24.0 Å². The van der Waals surface area contributed by atoms with Crippen molar-refractivity contribution in [2.45, 2.75) is 0 Å². The molecule has 1 aromatic heterocycles. The molecule has 7 heteroatoms. The molecule has 0 aliphatic heterocycles. The van der Waals surface area contributed by atoms with Crippen LogP contribution in [0.4, 0.5) is 0 Å². The molecule has 0 amide bonds. The van der Waals surface area contributed by atoms with Crippen molar-refractivity contribution in [2.75, 3.05) is 0 Å². The molecule has 0 aliphatic carbocycles. The van der Waals surface area contributed by atoms with E-state index < -0.39 is 5.97 Å². The van der Waals surface area contributed by atoms with Gasteiger partial charge in [0.1, 0.15) is 5.51 Å². The number of carboxylic acids is 1. The fraction of sp³-hybridized carbons (Fsp3) is 0. The fourth-order valence-corrected chi connectivity index (χ4v) is 1.88. The normalized spacial score (nSPS) is 9.56. The van der Waals surface area contributed by atoms with Crippen molar-refractivity contribution in [3.63, 3.8) is 0 Å². The van der Waals surface area contributed by atoms with Gasteiger partial charge in [-0.2, -0.15) is 4.37 Å². The van der Waals surface area contributed by atoms with E-state index in [9.17, 15) is 9.90 Å². The average molecular weight is 247 g/mol. The minimum absolute atomic E-state index is 0. The summed E-state index contributed by atoms with van der Waals surface area (Å²) in [5.41, 5.74) is 2.00. The van der Waals surface area contributed by atoms with E-state index in [2.05, 4.69) is 9.36 Å². The second-order valence-corrected chi connectivity index (χ2v) is 3.69. The number of carboxylic acid groups (broad SMARTS) is 1.